The van der Waals surface area contributed by atoms with Crippen LogP contribution in [0.4, 0.5) is 4.79 Å². The first-order chi connectivity index (χ1) is 7.26. The van der Waals surface area contributed by atoms with E-state index in [1.54, 1.807) is 0 Å². The van der Waals surface area contributed by atoms with Crippen LogP contribution in [0.1, 0.15) is 25.7 Å². The van der Waals surface area contributed by atoms with Gasteiger partial charge in [-0.1, -0.05) is 0 Å². The number of thioether (sulfide) groups is 1. The number of urea groups is 1. The van der Waals surface area contributed by atoms with Crippen molar-refractivity contribution in [3.8, 4) is 0 Å². The second kappa shape index (κ2) is 6.95. The highest BCUT2D eigenvalue weighted by Crippen LogP contribution is 2.27. The SMILES string of the molecule is CSC1CCC(NC(=O)NCCCO)C1. The Kier molecular flexibility index (Phi) is 5.86. The van der Waals surface area contributed by atoms with Gasteiger partial charge in [0.1, 0.15) is 0 Å². The molecule has 3 N–H and O–H groups in total. The average molecular weight is 232 g/mol. The summed E-state index contributed by atoms with van der Waals surface area (Å²) in [6.07, 6.45) is 6.09. The molecule has 88 valence electrons. The minimum absolute atomic E-state index is 0.102. The van der Waals surface area contributed by atoms with Crippen LogP contribution in [0.25, 0.3) is 0 Å². The van der Waals surface area contributed by atoms with Gasteiger partial charge in [0.2, 0.25) is 0 Å². The van der Waals surface area contributed by atoms with E-state index in [9.17, 15) is 4.79 Å². The molecule has 1 aliphatic carbocycles. The second-order valence-electron chi connectivity index (χ2n) is 3.85. The maximum atomic E-state index is 11.4. The smallest absolute Gasteiger partial charge is 0.315 e. The summed E-state index contributed by atoms with van der Waals surface area (Å²) in [6.45, 7) is 0.666. The molecule has 2 amide bonds. The average Bonchev–Trinajstić information content (AvgIpc) is 2.66. The van der Waals surface area contributed by atoms with E-state index in [0.29, 0.717) is 24.3 Å². The Balaban J connectivity index is 2.10. The molecule has 0 saturated heterocycles. The summed E-state index contributed by atoms with van der Waals surface area (Å²) < 4.78 is 0. The van der Waals surface area contributed by atoms with Gasteiger partial charge in [-0.25, -0.2) is 4.79 Å². The highest BCUT2D eigenvalue weighted by molar-refractivity contribution is 7.99. The molecule has 2 unspecified atom stereocenters. The van der Waals surface area contributed by atoms with Gasteiger partial charge in [0.15, 0.2) is 0 Å². The normalized spacial score (nSPS) is 25.2. The standard InChI is InChI=1S/C10H20N2O2S/c1-15-9-4-3-8(7-9)12-10(14)11-5-2-6-13/h8-9,13H,2-7H2,1H3,(H2,11,12,14). The van der Waals surface area contributed by atoms with Crippen molar-refractivity contribution in [2.75, 3.05) is 19.4 Å². The third-order valence-electron chi connectivity index (χ3n) is 2.67. The van der Waals surface area contributed by atoms with Gasteiger partial charge < -0.3 is 15.7 Å². The third kappa shape index (κ3) is 4.75. The minimum Gasteiger partial charge on any atom is -0.396 e. The van der Waals surface area contributed by atoms with Crippen LogP contribution in [0.15, 0.2) is 0 Å². The molecule has 0 aliphatic heterocycles. The molecule has 1 saturated carbocycles. The van der Waals surface area contributed by atoms with E-state index in [1.807, 2.05) is 11.8 Å². The quantitative estimate of drug-likeness (QED) is 0.619. The van der Waals surface area contributed by atoms with Gasteiger partial charge in [0.05, 0.1) is 0 Å². The zero-order valence-corrected chi connectivity index (χ0v) is 9.98. The maximum Gasteiger partial charge on any atom is 0.315 e. The van der Waals surface area contributed by atoms with Crippen molar-refractivity contribution in [1.82, 2.24) is 10.6 Å². The van der Waals surface area contributed by atoms with Crippen LogP contribution in [-0.4, -0.2) is 41.8 Å². The monoisotopic (exact) mass is 232 g/mol. The van der Waals surface area contributed by atoms with Crippen molar-refractivity contribution >= 4 is 17.8 Å². The highest BCUT2D eigenvalue weighted by Gasteiger charge is 2.24. The number of carbonyl (C=O) groups excluding carboxylic acids is 1. The van der Waals surface area contributed by atoms with Crippen LogP contribution in [0.2, 0.25) is 0 Å². The first-order valence-electron chi connectivity index (χ1n) is 5.44. The predicted octanol–water partition coefficient (Wildman–Crippen LogP) is 0.952. The van der Waals surface area contributed by atoms with E-state index in [4.69, 9.17) is 5.11 Å². The van der Waals surface area contributed by atoms with Crippen molar-refractivity contribution in [2.24, 2.45) is 0 Å². The van der Waals surface area contributed by atoms with Crippen molar-refractivity contribution in [2.45, 2.75) is 37.0 Å². The molecule has 0 aromatic carbocycles. The molecule has 0 bridgehead atoms. The number of rotatable bonds is 5. The Labute approximate surface area is 95.2 Å². The van der Waals surface area contributed by atoms with Crippen molar-refractivity contribution in [1.29, 1.82) is 0 Å². The first kappa shape index (κ1) is 12.6. The molecule has 0 radical (unpaired) electrons. The molecule has 1 rings (SSSR count). The van der Waals surface area contributed by atoms with Crippen LogP contribution in [0.3, 0.4) is 0 Å². The van der Waals surface area contributed by atoms with Gasteiger partial charge in [-0.05, 0) is 31.9 Å². The zero-order chi connectivity index (χ0) is 11.1. The van der Waals surface area contributed by atoms with Gasteiger partial charge >= 0.3 is 6.03 Å². The lowest BCUT2D eigenvalue weighted by molar-refractivity contribution is 0.234. The summed E-state index contributed by atoms with van der Waals surface area (Å²) in [5.74, 6) is 0. The fourth-order valence-electron chi connectivity index (χ4n) is 1.80. The first-order valence-corrected chi connectivity index (χ1v) is 6.73. The lowest BCUT2D eigenvalue weighted by atomic mass is 10.2. The summed E-state index contributed by atoms with van der Waals surface area (Å²) in [5.41, 5.74) is 0. The van der Waals surface area contributed by atoms with Crippen LogP contribution < -0.4 is 10.6 Å². The molecule has 0 spiro atoms. The van der Waals surface area contributed by atoms with E-state index < -0.39 is 0 Å². The molecular weight excluding hydrogens is 212 g/mol. The van der Waals surface area contributed by atoms with Crippen LogP contribution >= 0.6 is 11.8 Å². The Morgan fingerprint density at radius 1 is 1.53 bits per heavy atom. The summed E-state index contributed by atoms with van der Waals surface area (Å²) >= 11 is 1.88. The number of aliphatic hydroxyl groups is 1. The number of aliphatic hydroxyl groups excluding tert-OH is 1. The zero-order valence-electron chi connectivity index (χ0n) is 9.16. The molecule has 15 heavy (non-hydrogen) atoms. The lowest BCUT2D eigenvalue weighted by Crippen LogP contribution is -2.41. The molecule has 1 fully saturated rings. The second-order valence-corrected chi connectivity index (χ2v) is 4.98. The molecular formula is C10H20N2O2S. The largest absolute Gasteiger partial charge is 0.396 e. The van der Waals surface area contributed by atoms with Crippen molar-refractivity contribution < 1.29 is 9.90 Å². The highest BCUT2D eigenvalue weighted by atomic mass is 32.2. The van der Waals surface area contributed by atoms with E-state index in [-0.39, 0.29) is 12.6 Å². The number of carbonyl (C=O) groups is 1. The molecule has 4 nitrogen and oxygen atoms in total. The van der Waals surface area contributed by atoms with Crippen LogP contribution in [0.5, 0.6) is 0 Å². The number of hydrogen-bond donors (Lipinski definition) is 3. The summed E-state index contributed by atoms with van der Waals surface area (Å²) in [7, 11) is 0. The summed E-state index contributed by atoms with van der Waals surface area (Å²) in [6, 6.07) is 0.228. The van der Waals surface area contributed by atoms with Gasteiger partial charge in [0, 0.05) is 24.4 Å². The van der Waals surface area contributed by atoms with E-state index in [1.165, 1.54) is 6.42 Å². The Bertz CT molecular complexity index is 202. The Morgan fingerprint density at radius 2 is 2.33 bits per heavy atom. The summed E-state index contributed by atoms with van der Waals surface area (Å²) in [5, 5.41) is 14.9. The van der Waals surface area contributed by atoms with E-state index in [0.717, 1.165) is 12.8 Å². The molecule has 5 heteroatoms. The topological polar surface area (TPSA) is 61.4 Å². The third-order valence-corrected chi connectivity index (χ3v) is 3.77. The van der Waals surface area contributed by atoms with Gasteiger partial charge in [-0.3, -0.25) is 0 Å². The van der Waals surface area contributed by atoms with Crippen molar-refractivity contribution in [3.05, 3.63) is 0 Å². The molecule has 1 aliphatic rings. The Hall–Kier alpha value is -0.420. The van der Waals surface area contributed by atoms with Crippen LogP contribution in [-0.2, 0) is 0 Å². The lowest BCUT2D eigenvalue weighted by Gasteiger charge is -2.13. The number of hydrogen-bond acceptors (Lipinski definition) is 3. The van der Waals surface area contributed by atoms with Crippen LogP contribution in [0, 0.1) is 0 Å². The van der Waals surface area contributed by atoms with Gasteiger partial charge in [-0.2, -0.15) is 11.8 Å². The van der Waals surface area contributed by atoms with E-state index >= 15 is 0 Å². The number of nitrogens with one attached hydrogen (secondary N) is 2. The molecule has 0 aromatic rings. The molecule has 0 heterocycles. The maximum absolute atomic E-state index is 11.4. The van der Waals surface area contributed by atoms with Gasteiger partial charge in [-0.15, -0.1) is 0 Å². The Morgan fingerprint density at radius 3 is 2.93 bits per heavy atom. The number of amides is 2. The minimum atomic E-state index is -0.102. The fraction of sp³-hybridized carbons (Fsp3) is 0.900. The van der Waals surface area contributed by atoms with Crippen molar-refractivity contribution in [3.63, 3.8) is 0 Å². The fourth-order valence-corrected chi connectivity index (χ4v) is 2.60. The predicted molar refractivity (Wildman–Crippen MR) is 63.2 cm³/mol. The summed E-state index contributed by atoms with van der Waals surface area (Å²) in [4.78, 5) is 11.4. The molecule has 0 aromatic heterocycles. The van der Waals surface area contributed by atoms with E-state index in [2.05, 4.69) is 16.9 Å². The van der Waals surface area contributed by atoms with Gasteiger partial charge in [0.25, 0.3) is 0 Å². The molecule has 2 atom stereocenters.